The Bertz CT molecular complexity index is 435. The molecular weight excluding hydrogens is 202 g/mol. The quantitative estimate of drug-likeness (QED) is 0.678. The molecule has 14 heavy (non-hydrogen) atoms. The lowest BCUT2D eigenvalue weighted by molar-refractivity contribution is 0.102. The van der Waals surface area contributed by atoms with Crippen molar-refractivity contribution in [1.29, 1.82) is 0 Å². The number of hydrogen-bond acceptors (Lipinski definition) is 5. The average molecular weight is 209 g/mol. The third kappa shape index (κ3) is 1.72. The topological polar surface area (TPSA) is 96.7 Å². The number of amides is 1. The van der Waals surface area contributed by atoms with Crippen molar-refractivity contribution in [2.24, 2.45) is 0 Å². The molecule has 2 heterocycles. The Balaban J connectivity index is 2.10. The Hall–Kier alpha value is -1.89. The summed E-state index contributed by atoms with van der Waals surface area (Å²) in [7, 11) is 0. The lowest BCUT2D eigenvalue weighted by Crippen LogP contribution is -2.11. The smallest absolute Gasteiger partial charge is 0.275 e. The molecule has 0 fully saturated rings. The zero-order chi connectivity index (χ0) is 9.97. The highest BCUT2D eigenvalue weighted by Crippen LogP contribution is 2.12. The molecule has 2 aromatic rings. The highest BCUT2D eigenvalue weighted by molar-refractivity contribution is 7.13. The molecule has 0 bridgehead atoms. The summed E-state index contributed by atoms with van der Waals surface area (Å²) in [4.78, 5) is 15.3. The molecule has 0 spiro atoms. The molecule has 72 valence electrons. The highest BCUT2D eigenvalue weighted by Gasteiger charge is 2.09. The van der Waals surface area contributed by atoms with Gasteiger partial charge < -0.3 is 11.1 Å². The van der Waals surface area contributed by atoms with Gasteiger partial charge in [-0.15, -0.1) is 11.3 Å². The first kappa shape index (κ1) is 8.70. The molecular formula is C7H7N5OS. The van der Waals surface area contributed by atoms with E-state index in [4.69, 9.17) is 5.73 Å². The number of anilines is 2. The van der Waals surface area contributed by atoms with Crippen LogP contribution in [-0.2, 0) is 0 Å². The van der Waals surface area contributed by atoms with Gasteiger partial charge in [-0.3, -0.25) is 9.89 Å². The summed E-state index contributed by atoms with van der Waals surface area (Å²) in [5.41, 5.74) is 6.31. The minimum atomic E-state index is -0.292. The van der Waals surface area contributed by atoms with E-state index in [0.29, 0.717) is 16.5 Å². The van der Waals surface area contributed by atoms with Crippen LogP contribution in [-0.4, -0.2) is 21.1 Å². The second-order valence-corrected chi connectivity index (χ2v) is 3.40. The Morgan fingerprint density at radius 2 is 2.50 bits per heavy atom. The van der Waals surface area contributed by atoms with Gasteiger partial charge in [0.25, 0.3) is 5.91 Å². The van der Waals surface area contributed by atoms with Crippen molar-refractivity contribution in [3.8, 4) is 0 Å². The van der Waals surface area contributed by atoms with Gasteiger partial charge >= 0.3 is 0 Å². The van der Waals surface area contributed by atoms with E-state index in [9.17, 15) is 4.79 Å². The predicted octanol–water partition coefficient (Wildman–Crippen LogP) is 0.701. The van der Waals surface area contributed by atoms with Gasteiger partial charge in [-0.1, -0.05) is 0 Å². The van der Waals surface area contributed by atoms with E-state index in [0.717, 1.165) is 0 Å². The zero-order valence-corrected chi connectivity index (χ0v) is 7.84. The number of H-pyrrole nitrogens is 1. The third-order valence-electron chi connectivity index (χ3n) is 1.51. The Morgan fingerprint density at radius 1 is 1.64 bits per heavy atom. The van der Waals surface area contributed by atoms with Gasteiger partial charge in [-0.25, -0.2) is 4.98 Å². The van der Waals surface area contributed by atoms with Crippen LogP contribution >= 0.6 is 11.3 Å². The van der Waals surface area contributed by atoms with Gasteiger partial charge in [0.05, 0.1) is 11.9 Å². The maximum absolute atomic E-state index is 11.5. The zero-order valence-electron chi connectivity index (χ0n) is 7.02. The fraction of sp³-hybridized carbons (Fsp3) is 0. The number of hydrogen-bond donors (Lipinski definition) is 3. The lowest BCUT2D eigenvalue weighted by Gasteiger charge is -1.96. The molecule has 2 rings (SSSR count). The summed E-state index contributed by atoms with van der Waals surface area (Å²) < 4.78 is 0. The first-order chi connectivity index (χ1) is 6.75. The molecule has 0 atom stereocenters. The average Bonchev–Trinajstić information content (AvgIpc) is 2.75. The molecule has 2 aromatic heterocycles. The molecule has 0 aliphatic rings. The van der Waals surface area contributed by atoms with Crippen LogP contribution in [0.2, 0.25) is 0 Å². The van der Waals surface area contributed by atoms with Gasteiger partial charge in [0.1, 0.15) is 5.69 Å². The molecule has 4 N–H and O–H groups in total. The number of aromatic nitrogens is 3. The summed E-state index contributed by atoms with van der Waals surface area (Å²) in [5.74, 6) is -0.292. The van der Waals surface area contributed by atoms with Crippen molar-refractivity contribution in [2.75, 3.05) is 11.1 Å². The number of carbonyl (C=O) groups is 1. The van der Waals surface area contributed by atoms with Crippen LogP contribution < -0.4 is 11.1 Å². The number of nitrogen functional groups attached to an aromatic ring is 1. The summed E-state index contributed by atoms with van der Waals surface area (Å²) in [6, 6.07) is 0. The predicted molar refractivity (Wildman–Crippen MR) is 53.1 cm³/mol. The van der Waals surface area contributed by atoms with E-state index < -0.39 is 0 Å². The standard InChI is InChI=1S/C7H7N5OS/c8-7-12-5(3-14-7)6(13)11-4-1-9-10-2-4/h1-3H,(H2,8,12)(H,9,10)(H,11,13). The summed E-state index contributed by atoms with van der Waals surface area (Å²) in [5, 5.41) is 10.9. The monoisotopic (exact) mass is 209 g/mol. The highest BCUT2D eigenvalue weighted by atomic mass is 32.1. The van der Waals surface area contributed by atoms with Crippen LogP contribution in [0, 0.1) is 0 Å². The van der Waals surface area contributed by atoms with Crippen molar-refractivity contribution in [3.05, 3.63) is 23.5 Å². The molecule has 0 aromatic carbocycles. The molecule has 7 heteroatoms. The van der Waals surface area contributed by atoms with E-state index in [2.05, 4.69) is 20.5 Å². The normalized spacial score (nSPS) is 10.0. The number of nitrogens with one attached hydrogen (secondary N) is 2. The Kier molecular flexibility index (Phi) is 2.15. The molecule has 0 aliphatic heterocycles. The van der Waals surface area contributed by atoms with Crippen molar-refractivity contribution in [3.63, 3.8) is 0 Å². The minimum absolute atomic E-state index is 0.292. The molecule has 0 unspecified atom stereocenters. The fourth-order valence-corrected chi connectivity index (χ4v) is 1.45. The van der Waals surface area contributed by atoms with Gasteiger partial charge in [0.2, 0.25) is 0 Å². The van der Waals surface area contributed by atoms with Gasteiger partial charge in [-0.2, -0.15) is 5.10 Å². The Labute approximate surface area is 83.2 Å². The molecule has 0 aliphatic carbocycles. The first-order valence-corrected chi connectivity index (χ1v) is 4.65. The van der Waals surface area contributed by atoms with Crippen LogP contribution in [0.1, 0.15) is 10.5 Å². The van der Waals surface area contributed by atoms with Crippen molar-refractivity contribution in [2.45, 2.75) is 0 Å². The van der Waals surface area contributed by atoms with E-state index in [1.165, 1.54) is 17.5 Å². The van der Waals surface area contributed by atoms with E-state index in [-0.39, 0.29) is 5.91 Å². The second kappa shape index (κ2) is 3.46. The molecule has 0 saturated carbocycles. The first-order valence-electron chi connectivity index (χ1n) is 3.77. The molecule has 0 radical (unpaired) electrons. The maximum Gasteiger partial charge on any atom is 0.275 e. The molecule has 6 nitrogen and oxygen atoms in total. The number of aromatic amines is 1. The van der Waals surface area contributed by atoms with Gasteiger partial charge in [-0.05, 0) is 0 Å². The van der Waals surface area contributed by atoms with Gasteiger partial charge in [0, 0.05) is 11.6 Å². The van der Waals surface area contributed by atoms with Crippen molar-refractivity contribution >= 4 is 28.1 Å². The number of carbonyl (C=O) groups excluding carboxylic acids is 1. The number of rotatable bonds is 2. The second-order valence-electron chi connectivity index (χ2n) is 2.51. The van der Waals surface area contributed by atoms with Crippen LogP contribution in [0.25, 0.3) is 0 Å². The van der Waals surface area contributed by atoms with E-state index in [1.54, 1.807) is 11.6 Å². The van der Waals surface area contributed by atoms with Crippen molar-refractivity contribution in [1.82, 2.24) is 15.2 Å². The van der Waals surface area contributed by atoms with Crippen molar-refractivity contribution < 1.29 is 4.79 Å². The van der Waals surface area contributed by atoms with Crippen LogP contribution in [0.15, 0.2) is 17.8 Å². The third-order valence-corrected chi connectivity index (χ3v) is 2.18. The fourth-order valence-electron chi connectivity index (χ4n) is 0.906. The van der Waals surface area contributed by atoms with E-state index in [1.807, 2.05) is 0 Å². The van der Waals surface area contributed by atoms with Crippen LogP contribution in [0.5, 0.6) is 0 Å². The number of nitrogens with zero attached hydrogens (tertiary/aromatic N) is 2. The number of nitrogens with two attached hydrogens (primary N) is 1. The van der Waals surface area contributed by atoms with E-state index >= 15 is 0 Å². The SMILES string of the molecule is Nc1nc(C(=O)Nc2cn[nH]c2)cs1. The largest absolute Gasteiger partial charge is 0.375 e. The van der Waals surface area contributed by atoms with Crippen LogP contribution in [0.3, 0.4) is 0 Å². The maximum atomic E-state index is 11.5. The summed E-state index contributed by atoms with van der Waals surface area (Å²) in [6.07, 6.45) is 3.08. The van der Waals surface area contributed by atoms with Gasteiger partial charge in [0.15, 0.2) is 5.13 Å². The lowest BCUT2D eigenvalue weighted by atomic mass is 10.4. The minimum Gasteiger partial charge on any atom is -0.375 e. The van der Waals surface area contributed by atoms with Crippen LogP contribution in [0.4, 0.5) is 10.8 Å². The molecule has 0 saturated heterocycles. The summed E-state index contributed by atoms with van der Waals surface area (Å²) in [6.45, 7) is 0. The molecule has 1 amide bonds. The Morgan fingerprint density at radius 3 is 3.07 bits per heavy atom. The summed E-state index contributed by atoms with van der Waals surface area (Å²) >= 11 is 1.23. The number of thiazole rings is 1.